The molecule has 3 aromatic heterocycles. The van der Waals surface area contributed by atoms with Crippen molar-refractivity contribution in [3.05, 3.63) is 23.7 Å². The molecule has 3 aromatic rings. The SMILES string of the molecule is Cc1nc(NCCC2CC2)nc(NC2CCC(C(F)F)C2)c1-c1nc2c(C3CC3)nccc2s1. The van der Waals surface area contributed by atoms with Crippen molar-refractivity contribution in [1.82, 2.24) is 19.9 Å². The number of anilines is 2. The van der Waals surface area contributed by atoms with Crippen molar-refractivity contribution in [2.45, 2.75) is 76.7 Å². The molecule has 0 saturated heterocycles. The van der Waals surface area contributed by atoms with E-state index in [0.717, 1.165) is 57.5 Å². The van der Waals surface area contributed by atoms with Crippen LogP contribution in [0.25, 0.3) is 20.8 Å². The molecule has 0 spiro atoms. The first-order valence-corrected chi connectivity index (χ1v) is 13.3. The Kier molecular flexibility index (Phi) is 5.83. The van der Waals surface area contributed by atoms with Crippen molar-refractivity contribution in [2.24, 2.45) is 11.8 Å². The molecule has 0 bridgehead atoms. The van der Waals surface area contributed by atoms with Crippen LogP contribution in [0.1, 0.15) is 68.7 Å². The largest absolute Gasteiger partial charge is 0.367 e. The zero-order valence-corrected chi connectivity index (χ0v) is 20.2. The van der Waals surface area contributed by atoms with Crippen LogP contribution >= 0.6 is 11.3 Å². The average Bonchev–Trinajstić information content (AvgIpc) is 3.72. The summed E-state index contributed by atoms with van der Waals surface area (Å²) < 4.78 is 27.7. The third-order valence-electron chi connectivity index (χ3n) is 7.31. The predicted octanol–water partition coefficient (Wildman–Crippen LogP) is 6.39. The summed E-state index contributed by atoms with van der Waals surface area (Å²) in [6.07, 6.45) is 7.42. The Labute approximate surface area is 202 Å². The molecule has 0 aliphatic heterocycles. The van der Waals surface area contributed by atoms with E-state index in [0.29, 0.717) is 30.5 Å². The van der Waals surface area contributed by atoms with E-state index in [1.165, 1.54) is 25.7 Å². The summed E-state index contributed by atoms with van der Waals surface area (Å²) in [6.45, 7) is 2.83. The Morgan fingerprint density at radius 1 is 1.09 bits per heavy atom. The summed E-state index contributed by atoms with van der Waals surface area (Å²) >= 11 is 1.63. The fourth-order valence-electron chi connectivity index (χ4n) is 5.01. The van der Waals surface area contributed by atoms with E-state index in [2.05, 4.69) is 15.6 Å². The Morgan fingerprint density at radius 3 is 2.68 bits per heavy atom. The lowest BCUT2D eigenvalue weighted by Gasteiger charge is -2.18. The molecule has 3 fully saturated rings. The van der Waals surface area contributed by atoms with E-state index in [1.807, 2.05) is 19.2 Å². The average molecular weight is 485 g/mol. The summed E-state index contributed by atoms with van der Waals surface area (Å²) in [5.74, 6) is 2.08. The first-order chi connectivity index (χ1) is 16.5. The van der Waals surface area contributed by atoms with Gasteiger partial charge >= 0.3 is 0 Å². The molecule has 2 atom stereocenters. The molecule has 34 heavy (non-hydrogen) atoms. The zero-order valence-electron chi connectivity index (χ0n) is 19.4. The predicted molar refractivity (Wildman–Crippen MR) is 132 cm³/mol. The topological polar surface area (TPSA) is 75.6 Å². The number of pyridine rings is 1. The van der Waals surface area contributed by atoms with Crippen molar-refractivity contribution in [1.29, 1.82) is 0 Å². The van der Waals surface area contributed by atoms with Crippen molar-refractivity contribution >= 4 is 33.3 Å². The van der Waals surface area contributed by atoms with Crippen LogP contribution in [0.3, 0.4) is 0 Å². The lowest BCUT2D eigenvalue weighted by Crippen LogP contribution is -2.20. The van der Waals surface area contributed by atoms with Gasteiger partial charge in [0, 0.05) is 30.6 Å². The molecule has 3 heterocycles. The number of alkyl halides is 2. The van der Waals surface area contributed by atoms with Crippen molar-refractivity contribution in [3.8, 4) is 10.6 Å². The van der Waals surface area contributed by atoms with Crippen LogP contribution in [-0.2, 0) is 0 Å². The van der Waals surface area contributed by atoms with Gasteiger partial charge in [0.1, 0.15) is 16.3 Å². The Morgan fingerprint density at radius 2 is 1.94 bits per heavy atom. The molecule has 2 unspecified atom stereocenters. The minimum Gasteiger partial charge on any atom is -0.367 e. The van der Waals surface area contributed by atoms with Gasteiger partial charge in [-0.2, -0.15) is 4.98 Å². The van der Waals surface area contributed by atoms with E-state index >= 15 is 0 Å². The number of aryl methyl sites for hydroxylation is 1. The van der Waals surface area contributed by atoms with E-state index < -0.39 is 12.3 Å². The van der Waals surface area contributed by atoms with Gasteiger partial charge in [0.25, 0.3) is 0 Å². The lowest BCUT2D eigenvalue weighted by atomic mass is 10.1. The van der Waals surface area contributed by atoms with Crippen LogP contribution in [-0.4, -0.2) is 38.9 Å². The van der Waals surface area contributed by atoms with Gasteiger partial charge in [0.2, 0.25) is 12.4 Å². The number of fused-ring (bicyclic) bond motifs is 1. The molecule has 2 N–H and O–H groups in total. The number of rotatable bonds is 9. The molecule has 3 saturated carbocycles. The number of nitrogens with one attached hydrogen (secondary N) is 2. The number of hydrogen-bond acceptors (Lipinski definition) is 7. The van der Waals surface area contributed by atoms with Crippen LogP contribution in [0.5, 0.6) is 0 Å². The second-order valence-corrected chi connectivity index (χ2v) is 11.1. The summed E-state index contributed by atoms with van der Waals surface area (Å²) in [5, 5.41) is 7.74. The minimum atomic E-state index is -2.27. The van der Waals surface area contributed by atoms with Gasteiger partial charge in [-0.3, -0.25) is 4.98 Å². The van der Waals surface area contributed by atoms with Gasteiger partial charge in [-0.1, -0.05) is 12.8 Å². The minimum absolute atomic E-state index is 0.0237. The first kappa shape index (κ1) is 22.1. The molecule has 6 rings (SSSR count). The highest BCUT2D eigenvalue weighted by Crippen LogP contribution is 2.44. The maximum Gasteiger partial charge on any atom is 0.241 e. The summed E-state index contributed by atoms with van der Waals surface area (Å²) in [4.78, 5) is 19.2. The van der Waals surface area contributed by atoms with Crippen molar-refractivity contribution in [2.75, 3.05) is 17.2 Å². The maximum absolute atomic E-state index is 13.3. The van der Waals surface area contributed by atoms with Crippen LogP contribution in [0.4, 0.5) is 20.5 Å². The van der Waals surface area contributed by atoms with Gasteiger partial charge in [-0.05, 0) is 57.4 Å². The normalized spacial score (nSPS) is 22.6. The molecule has 3 aliphatic rings. The molecule has 0 radical (unpaired) electrons. The highest BCUT2D eigenvalue weighted by Gasteiger charge is 2.33. The van der Waals surface area contributed by atoms with Crippen LogP contribution < -0.4 is 10.6 Å². The Hall–Kier alpha value is -2.42. The van der Waals surface area contributed by atoms with Gasteiger partial charge in [0.15, 0.2) is 0 Å². The van der Waals surface area contributed by atoms with Gasteiger partial charge in [-0.25, -0.2) is 18.7 Å². The quantitative estimate of drug-likeness (QED) is 0.366. The molecule has 180 valence electrons. The van der Waals surface area contributed by atoms with Gasteiger partial charge in [0.05, 0.1) is 21.7 Å². The Bertz CT molecular complexity index is 1190. The fourth-order valence-corrected chi connectivity index (χ4v) is 6.08. The number of aromatic nitrogens is 4. The maximum atomic E-state index is 13.3. The van der Waals surface area contributed by atoms with Crippen LogP contribution in [0.2, 0.25) is 0 Å². The Balaban J connectivity index is 1.34. The third kappa shape index (κ3) is 4.59. The second-order valence-electron chi connectivity index (χ2n) is 10.1. The van der Waals surface area contributed by atoms with E-state index in [-0.39, 0.29) is 6.04 Å². The van der Waals surface area contributed by atoms with Gasteiger partial charge in [-0.15, -0.1) is 11.3 Å². The molecule has 3 aliphatic carbocycles. The van der Waals surface area contributed by atoms with Crippen molar-refractivity contribution < 1.29 is 8.78 Å². The molecular formula is C25H30F2N6S. The standard InChI is InChI=1S/C25H30F2N6S/c1-13-19(24-32-21-18(34-24)9-11-28-20(21)15-4-5-15)23(31-17-7-6-16(12-17)22(26)27)33-25(30-13)29-10-8-14-2-3-14/h9,11,14-17,22H,2-8,10,12H2,1H3,(H2,29,30,31,33). The van der Waals surface area contributed by atoms with Crippen LogP contribution in [0.15, 0.2) is 12.3 Å². The molecule has 6 nitrogen and oxygen atoms in total. The first-order valence-electron chi connectivity index (χ1n) is 12.5. The summed E-state index contributed by atoms with van der Waals surface area (Å²) in [5.41, 5.74) is 3.77. The van der Waals surface area contributed by atoms with Crippen LogP contribution in [0, 0.1) is 18.8 Å². The molecule has 0 amide bonds. The number of nitrogens with zero attached hydrogens (tertiary/aromatic N) is 4. The number of halogens is 2. The zero-order chi connectivity index (χ0) is 23.2. The smallest absolute Gasteiger partial charge is 0.241 e. The second kappa shape index (κ2) is 8.98. The fraction of sp³-hybridized carbons (Fsp3) is 0.600. The highest BCUT2D eigenvalue weighted by atomic mass is 32.1. The number of hydrogen-bond donors (Lipinski definition) is 2. The third-order valence-corrected chi connectivity index (χ3v) is 8.34. The van der Waals surface area contributed by atoms with Gasteiger partial charge < -0.3 is 10.6 Å². The monoisotopic (exact) mass is 484 g/mol. The number of thiazole rings is 1. The summed E-state index contributed by atoms with van der Waals surface area (Å²) in [6, 6.07) is 1.99. The van der Waals surface area contributed by atoms with E-state index in [4.69, 9.17) is 15.0 Å². The van der Waals surface area contributed by atoms with E-state index in [1.54, 1.807) is 11.3 Å². The molecule has 0 aromatic carbocycles. The summed E-state index contributed by atoms with van der Waals surface area (Å²) in [7, 11) is 0. The lowest BCUT2D eigenvalue weighted by molar-refractivity contribution is 0.0803. The van der Waals surface area contributed by atoms with Crippen molar-refractivity contribution in [3.63, 3.8) is 0 Å². The molecule has 9 heteroatoms. The molecular weight excluding hydrogens is 454 g/mol. The highest BCUT2D eigenvalue weighted by molar-refractivity contribution is 7.21. The van der Waals surface area contributed by atoms with E-state index in [9.17, 15) is 8.78 Å².